The lowest BCUT2D eigenvalue weighted by Gasteiger charge is -2.30. The summed E-state index contributed by atoms with van der Waals surface area (Å²) in [5.41, 5.74) is 2.26. The highest BCUT2D eigenvalue weighted by Gasteiger charge is 2.33. The first-order valence-corrected chi connectivity index (χ1v) is 13.3. The van der Waals surface area contributed by atoms with Crippen LogP contribution in [0.3, 0.4) is 0 Å². The zero-order chi connectivity index (χ0) is 27.6. The second-order valence-electron chi connectivity index (χ2n) is 10.3. The number of aliphatic hydroxyl groups excluding tert-OH is 1. The first-order valence-electron chi connectivity index (χ1n) is 13.0. The molecule has 2 aliphatic rings. The fraction of sp³-hybridized carbons (Fsp3) is 0.345. The maximum Gasteiger partial charge on any atom is 0.254 e. The van der Waals surface area contributed by atoms with E-state index < -0.39 is 5.54 Å². The van der Waals surface area contributed by atoms with Crippen LogP contribution in [0.5, 0.6) is 0 Å². The fourth-order valence-electron chi connectivity index (χ4n) is 5.07. The molecular formula is C29H30ClN5O4. The number of rotatable bonds is 8. The average Bonchev–Trinajstić information content (AvgIpc) is 3.25. The smallest absolute Gasteiger partial charge is 0.254 e. The molecule has 3 N–H and O–H groups in total. The van der Waals surface area contributed by atoms with E-state index in [9.17, 15) is 19.5 Å². The molecule has 1 aliphatic carbocycles. The molecule has 2 aromatic carbocycles. The Bertz CT molecular complexity index is 1410. The van der Waals surface area contributed by atoms with Gasteiger partial charge in [0, 0.05) is 36.6 Å². The van der Waals surface area contributed by atoms with Crippen molar-refractivity contribution >= 4 is 35.1 Å². The molecular weight excluding hydrogens is 518 g/mol. The molecule has 2 heterocycles. The number of anilines is 1. The molecule has 1 fully saturated rings. The molecule has 3 aromatic rings. The van der Waals surface area contributed by atoms with Crippen LogP contribution in [0.15, 0.2) is 54.7 Å². The number of hydrogen-bond acceptors (Lipinski definition) is 7. The van der Waals surface area contributed by atoms with E-state index in [1.54, 1.807) is 13.0 Å². The Labute approximate surface area is 231 Å². The molecule has 5 rings (SSSR count). The number of carbonyl (C=O) groups is 3. The standard InChI is InChI=1S/C29H30ClN5O4/c1-29(17-36,20-5-3-2-4-6-20)34-25(38)16-35-15-19-8-7-18(13-23(19)27(35)39)26-24(30)14-31-28(33-26)32-21-9-11-22(37)12-10-21/h2-8,13-14,21,36H,9-12,15-17H2,1H3,(H,34,38)(H,31,32,33)/t29-/m1/s1. The number of nitrogens with one attached hydrogen (secondary N) is 2. The van der Waals surface area contributed by atoms with Crippen LogP contribution in [0, 0.1) is 0 Å². The van der Waals surface area contributed by atoms with E-state index in [1.807, 2.05) is 42.5 Å². The Hall–Kier alpha value is -3.82. The summed E-state index contributed by atoms with van der Waals surface area (Å²) >= 11 is 6.44. The summed E-state index contributed by atoms with van der Waals surface area (Å²) in [4.78, 5) is 48.1. The van der Waals surface area contributed by atoms with Crippen LogP contribution in [0.4, 0.5) is 5.95 Å². The van der Waals surface area contributed by atoms with Crippen molar-refractivity contribution in [2.45, 2.75) is 50.7 Å². The number of Topliss-reactive ketones (excluding diaryl/α,β-unsaturated/α-hetero) is 1. The quantitative estimate of drug-likeness (QED) is 0.393. The first kappa shape index (κ1) is 26.8. The lowest BCUT2D eigenvalue weighted by Crippen LogP contribution is -2.49. The van der Waals surface area contributed by atoms with Crippen molar-refractivity contribution < 1.29 is 19.5 Å². The fourth-order valence-corrected chi connectivity index (χ4v) is 5.27. The van der Waals surface area contributed by atoms with Gasteiger partial charge < -0.3 is 20.6 Å². The van der Waals surface area contributed by atoms with Crippen molar-refractivity contribution in [3.8, 4) is 11.3 Å². The van der Waals surface area contributed by atoms with Gasteiger partial charge in [0.1, 0.15) is 12.3 Å². The number of nitrogens with zero attached hydrogens (tertiary/aromatic N) is 3. The van der Waals surface area contributed by atoms with Crippen LogP contribution < -0.4 is 10.6 Å². The normalized spacial score (nSPS) is 17.1. The van der Waals surface area contributed by atoms with Gasteiger partial charge in [-0.25, -0.2) is 9.97 Å². The maximum atomic E-state index is 13.3. The van der Waals surface area contributed by atoms with Crippen molar-refractivity contribution in [1.29, 1.82) is 0 Å². The predicted octanol–water partition coefficient (Wildman–Crippen LogP) is 3.70. The third-order valence-electron chi connectivity index (χ3n) is 7.36. The van der Waals surface area contributed by atoms with E-state index in [0.717, 1.165) is 24.0 Å². The largest absolute Gasteiger partial charge is 0.394 e. The van der Waals surface area contributed by atoms with Gasteiger partial charge in [0.05, 0.1) is 29.1 Å². The highest BCUT2D eigenvalue weighted by atomic mass is 35.5. The van der Waals surface area contributed by atoms with E-state index >= 15 is 0 Å². The second kappa shape index (κ2) is 11.1. The van der Waals surface area contributed by atoms with Crippen LogP contribution in [0.25, 0.3) is 11.3 Å². The van der Waals surface area contributed by atoms with Crippen molar-refractivity contribution in [2.75, 3.05) is 18.5 Å². The Morgan fingerprint density at radius 3 is 2.62 bits per heavy atom. The van der Waals surface area contributed by atoms with E-state index in [1.165, 1.54) is 11.1 Å². The maximum absolute atomic E-state index is 13.3. The molecule has 1 atom stereocenters. The molecule has 0 bridgehead atoms. The molecule has 2 amide bonds. The van der Waals surface area contributed by atoms with Crippen LogP contribution in [0.2, 0.25) is 5.02 Å². The zero-order valence-electron chi connectivity index (χ0n) is 21.6. The van der Waals surface area contributed by atoms with Crippen molar-refractivity contribution in [3.05, 3.63) is 76.4 Å². The summed E-state index contributed by atoms with van der Waals surface area (Å²) in [5, 5.41) is 16.5. The average molecular weight is 548 g/mol. The van der Waals surface area contributed by atoms with Gasteiger partial charge in [-0.1, -0.05) is 54.1 Å². The molecule has 0 saturated heterocycles. The summed E-state index contributed by atoms with van der Waals surface area (Å²) < 4.78 is 0. The van der Waals surface area contributed by atoms with Gasteiger partial charge in [-0.05, 0) is 37.0 Å². The molecule has 9 nitrogen and oxygen atoms in total. The number of hydrogen-bond donors (Lipinski definition) is 3. The minimum absolute atomic E-state index is 0.118. The van der Waals surface area contributed by atoms with Crippen LogP contribution >= 0.6 is 11.6 Å². The molecule has 202 valence electrons. The Morgan fingerprint density at radius 1 is 1.15 bits per heavy atom. The molecule has 0 radical (unpaired) electrons. The number of halogens is 1. The monoisotopic (exact) mass is 547 g/mol. The number of amides is 2. The molecule has 39 heavy (non-hydrogen) atoms. The van der Waals surface area contributed by atoms with Gasteiger partial charge in [0.15, 0.2) is 0 Å². The van der Waals surface area contributed by atoms with E-state index in [-0.39, 0.29) is 36.8 Å². The van der Waals surface area contributed by atoms with E-state index in [0.29, 0.717) is 47.2 Å². The summed E-state index contributed by atoms with van der Waals surface area (Å²) in [6.07, 6.45) is 4.09. The van der Waals surface area contributed by atoms with Gasteiger partial charge in [-0.2, -0.15) is 0 Å². The summed E-state index contributed by atoms with van der Waals surface area (Å²) in [6, 6.07) is 14.8. The lowest BCUT2D eigenvalue weighted by atomic mass is 9.93. The van der Waals surface area contributed by atoms with Crippen molar-refractivity contribution in [2.24, 2.45) is 0 Å². The molecule has 0 spiro atoms. The second-order valence-corrected chi connectivity index (χ2v) is 10.7. The Balaban J connectivity index is 1.29. The molecule has 10 heteroatoms. The molecule has 0 unspecified atom stereocenters. The predicted molar refractivity (Wildman–Crippen MR) is 147 cm³/mol. The third kappa shape index (κ3) is 5.79. The van der Waals surface area contributed by atoms with Gasteiger partial charge >= 0.3 is 0 Å². The van der Waals surface area contributed by atoms with Crippen molar-refractivity contribution in [3.63, 3.8) is 0 Å². The van der Waals surface area contributed by atoms with E-state index in [2.05, 4.69) is 20.6 Å². The Kier molecular flexibility index (Phi) is 7.63. The SMILES string of the molecule is C[C@](CO)(NC(=O)CN1Cc2ccc(-c3nc(NC4CCC(=O)CC4)ncc3Cl)cc2C1=O)c1ccccc1. The van der Waals surface area contributed by atoms with Gasteiger partial charge in [-0.3, -0.25) is 14.4 Å². The van der Waals surface area contributed by atoms with Crippen LogP contribution in [-0.2, 0) is 21.7 Å². The first-order chi connectivity index (χ1) is 18.8. The van der Waals surface area contributed by atoms with Crippen LogP contribution in [0.1, 0.15) is 54.1 Å². The number of carbonyl (C=O) groups excluding carboxylic acids is 3. The number of fused-ring (bicyclic) bond motifs is 1. The highest BCUT2D eigenvalue weighted by molar-refractivity contribution is 6.33. The number of ketones is 1. The van der Waals surface area contributed by atoms with Crippen LogP contribution in [-0.4, -0.2) is 56.8 Å². The van der Waals surface area contributed by atoms with Crippen molar-refractivity contribution in [1.82, 2.24) is 20.2 Å². The summed E-state index contributed by atoms with van der Waals surface area (Å²) in [7, 11) is 0. The lowest BCUT2D eigenvalue weighted by molar-refractivity contribution is -0.124. The molecule has 1 saturated carbocycles. The molecule has 1 aliphatic heterocycles. The summed E-state index contributed by atoms with van der Waals surface area (Å²) in [6.45, 7) is 1.62. The number of aliphatic hydroxyl groups is 1. The zero-order valence-corrected chi connectivity index (χ0v) is 22.4. The minimum Gasteiger partial charge on any atom is -0.394 e. The van der Waals surface area contributed by atoms with Gasteiger partial charge in [0.2, 0.25) is 11.9 Å². The van der Waals surface area contributed by atoms with Gasteiger partial charge in [-0.15, -0.1) is 0 Å². The summed E-state index contributed by atoms with van der Waals surface area (Å²) in [5.74, 6) is 0.0708. The number of aromatic nitrogens is 2. The van der Waals surface area contributed by atoms with E-state index in [4.69, 9.17) is 11.6 Å². The van der Waals surface area contributed by atoms with Gasteiger partial charge in [0.25, 0.3) is 5.91 Å². The minimum atomic E-state index is -0.968. The number of benzene rings is 2. The highest BCUT2D eigenvalue weighted by Crippen LogP contribution is 2.32. The Morgan fingerprint density at radius 2 is 1.90 bits per heavy atom. The topological polar surface area (TPSA) is 125 Å². The molecule has 1 aromatic heterocycles. The third-order valence-corrected chi connectivity index (χ3v) is 7.64.